The van der Waals surface area contributed by atoms with Crippen molar-refractivity contribution < 1.29 is 9.84 Å². The van der Waals surface area contributed by atoms with Crippen molar-refractivity contribution in [2.24, 2.45) is 0 Å². The molecule has 0 radical (unpaired) electrons. The first-order chi connectivity index (χ1) is 6.83. The van der Waals surface area contributed by atoms with E-state index in [4.69, 9.17) is 4.74 Å². The van der Waals surface area contributed by atoms with E-state index in [1.807, 2.05) is 19.1 Å². The molecule has 1 aliphatic heterocycles. The van der Waals surface area contributed by atoms with Crippen molar-refractivity contribution in [3.63, 3.8) is 0 Å². The molecule has 0 bridgehead atoms. The molecule has 0 unspecified atom stereocenters. The van der Waals surface area contributed by atoms with E-state index in [-0.39, 0.29) is 0 Å². The van der Waals surface area contributed by atoms with Crippen LogP contribution in [0, 0.1) is 0 Å². The van der Waals surface area contributed by atoms with Crippen LogP contribution in [-0.2, 0) is 0 Å². The Bertz CT molecular complexity index is 321. The van der Waals surface area contributed by atoms with Gasteiger partial charge in [-0.05, 0) is 13.0 Å². The highest BCUT2D eigenvalue weighted by Gasteiger charge is 2.23. The SMILES string of the molecule is CCOc1cccc(C2CNC2)c1O. The highest BCUT2D eigenvalue weighted by molar-refractivity contribution is 5.47. The van der Waals surface area contributed by atoms with Gasteiger partial charge in [-0.3, -0.25) is 0 Å². The zero-order chi connectivity index (χ0) is 9.97. The number of phenolic OH excluding ortho intramolecular Hbond substituents is 1. The van der Waals surface area contributed by atoms with E-state index < -0.39 is 0 Å². The topological polar surface area (TPSA) is 41.5 Å². The van der Waals surface area contributed by atoms with E-state index in [0.717, 1.165) is 18.7 Å². The van der Waals surface area contributed by atoms with Crippen LogP contribution in [0.25, 0.3) is 0 Å². The molecule has 2 N–H and O–H groups in total. The summed E-state index contributed by atoms with van der Waals surface area (Å²) >= 11 is 0. The molecule has 1 fully saturated rings. The highest BCUT2D eigenvalue weighted by Crippen LogP contribution is 2.35. The van der Waals surface area contributed by atoms with Crippen molar-refractivity contribution in [3.8, 4) is 11.5 Å². The molecular weight excluding hydrogens is 178 g/mol. The van der Waals surface area contributed by atoms with Crippen LogP contribution < -0.4 is 10.1 Å². The molecule has 0 aromatic heterocycles. The first-order valence-corrected chi connectivity index (χ1v) is 4.98. The number of hydrogen-bond donors (Lipinski definition) is 2. The summed E-state index contributed by atoms with van der Waals surface area (Å²) in [5.74, 6) is 1.34. The summed E-state index contributed by atoms with van der Waals surface area (Å²) in [5.41, 5.74) is 0.995. The Labute approximate surface area is 83.7 Å². The van der Waals surface area contributed by atoms with Crippen LogP contribution in [0.3, 0.4) is 0 Å². The second-order valence-corrected chi connectivity index (χ2v) is 3.48. The Morgan fingerprint density at radius 3 is 2.86 bits per heavy atom. The number of phenols is 1. The predicted octanol–water partition coefficient (Wildman–Crippen LogP) is 1.48. The molecule has 0 spiro atoms. The predicted molar refractivity (Wildman–Crippen MR) is 54.9 cm³/mol. The Morgan fingerprint density at radius 2 is 2.29 bits per heavy atom. The van der Waals surface area contributed by atoms with Gasteiger partial charge in [0.2, 0.25) is 0 Å². The summed E-state index contributed by atoms with van der Waals surface area (Å²) in [6, 6.07) is 5.69. The standard InChI is InChI=1S/C11H15NO2/c1-2-14-10-5-3-4-9(11(10)13)8-6-12-7-8/h3-5,8,12-13H,2,6-7H2,1H3. The summed E-state index contributed by atoms with van der Waals surface area (Å²) in [6.45, 7) is 4.39. The van der Waals surface area contributed by atoms with Crippen molar-refractivity contribution >= 4 is 0 Å². The van der Waals surface area contributed by atoms with Gasteiger partial charge < -0.3 is 15.2 Å². The quantitative estimate of drug-likeness (QED) is 0.764. The monoisotopic (exact) mass is 193 g/mol. The van der Waals surface area contributed by atoms with Gasteiger partial charge in [0.15, 0.2) is 11.5 Å². The second-order valence-electron chi connectivity index (χ2n) is 3.48. The van der Waals surface area contributed by atoms with Crippen LogP contribution in [0.5, 0.6) is 11.5 Å². The molecule has 3 heteroatoms. The fourth-order valence-corrected chi connectivity index (χ4v) is 1.65. The molecule has 76 valence electrons. The van der Waals surface area contributed by atoms with Crippen LogP contribution in [0.4, 0.5) is 0 Å². The molecule has 1 saturated heterocycles. The first kappa shape index (κ1) is 9.34. The zero-order valence-corrected chi connectivity index (χ0v) is 8.29. The minimum Gasteiger partial charge on any atom is -0.504 e. The van der Waals surface area contributed by atoms with Gasteiger partial charge in [-0.1, -0.05) is 12.1 Å². The molecule has 0 amide bonds. The first-order valence-electron chi connectivity index (χ1n) is 4.98. The van der Waals surface area contributed by atoms with E-state index in [0.29, 0.717) is 24.0 Å². The third-order valence-electron chi connectivity index (χ3n) is 2.55. The van der Waals surface area contributed by atoms with Crippen molar-refractivity contribution in [3.05, 3.63) is 23.8 Å². The number of ether oxygens (including phenoxy) is 1. The minimum atomic E-state index is 0.306. The van der Waals surface area contributed by atoms with Crippen molar-refractivity contribution in [1.29, 1.82) is 0 Å². The number of hydrogen-bond acceptors (Lipinski definition) is 3. The largest absolute Gasteiger partial charge is 0.504 e. The summed E-state index contributed by atoms with van der Waals surface area (Å²) in [5, 5.41) is 13.1. The van der Waals surface area contributed by atoms with E-state index in [2.05, 4.69) is 5.32 Å². The maximum absolute atomic E-state index is 9.90. The fraction of sp³-hybridized carbons (Fsp3) is 0.455. The van der Waals surface area contributed by atoms with Gasteiger partial charge in [-0.25, -0.2) is 0 Å². The lowest BCUT2D eigenvalue weighted by Crippen LogP contribution is -2.39. The smallest absolute Gasteiger partial charge is 0.161 e. The lowest BCUT2D eigenvalue weighted by Gasteiger charge is -2.28. The molecule has 0 atom stereocenters. The number of aromatic hydroxyl groups is 1. The van der Waals surface area contributed by atoms with Gasteiger partial charge >= 0.3 is 0 Å². The molecule has 3 nitrogen and oxygen atoms in total. The average molecular weight is 193 g/mol. The lowest BCUT2D eigenvalue weighted by atomic mass is 9.93. The molecule has 0 aliphatic carbocycles. The van der Waals surface area contributed by atoms with E-state index in [9.17, 15) is 5.11 Å². The van der Waals surface area contributed by atoms with Gasteiger partial charge in [-0.2, -0.15) is 0 Å². The van der Waals surface area contributed by atoms with Crippen LogP contribution in [0.2, 0.25) is 0 Å². The van der Waals surface area contributed by atoms with Gasteiger partial charge in [0.1, 0.15) is 0 Å². The van der Waals surface area contributed by atoms with Crippen molar-refractivity contribution in [1.82, 2.24) is 5.32 Å². The number of nitrogens with one attached hydrogen (secondary N) is 1. The minimum absolute atomic E-state index is 0.306. The van der Waals surface area contributed by atoms with Crippen LogP contribution >= 0.6 is 0 Å². The Hall–Kier alpha value is -1.22. The Balaban J connectivity index is 2.26. The van der Waals surface area contributed by atoms with E-state index in [1.165, 1.54) is 0 Å². The van der Waals surface area contributed by atoms with Crippen LogP contribution in [0.1, 0.15) is 18.4 Å². The van der Waals surface area contributed by atoms with Crippen molar-refractivity contribution in [2.45, 2.75) is 12.8 Å². The molecule has 1 aromatic carbocycles. The summed E-state index contributed by atoms with van der Waals surface area (Å²) in [6.07, 6.45) is 0. The number of rotatable bonds is 3. The zero-order valence-electron chi connectivity index (χ0n) is 8.29. The number of benzene rings is 1. The number of para-hydroxylation sites is 1. The molecule has 2 rings (SSSR count). The molecular formula is C11H15NO2. The molecule has 1 aromatic rings. The summed E-state index contributed by atoms with van der Waals surface area (Å²) < 4.78 is 5.33. The molecule has 1 aliphatic rings. The third-order valence-corrected chi connectivity index (χ3v) is 2.55. The summed E-state index contributed by atoms with van der Waals surface area (Å²) in [4.78, 5) is 0. The Kier molecular flexibility index (Phi) is 2.59. The molecule has 0 saturated carbocycles. The molecule has 1 heterocycles. The van der Waals surface area contributed by atoms with Gasteiger partial charge in [0.25, 0.3) is 0 Å². The van der Waals surface area contributed by atoms with E-state index in [1.54, 1.807) is 6.07 Å². The van der Waals surface area contributed by atoms with E-state index >= 15 is 0 Å². The maximum atomic E-state index is 9.90. The lowest BCUT2D eigenvalue weighted by molar-refractivity contribution is 0.313. The van der Waals surface area contributed by atoms with Crippen LogP contribution in [0.15, 0.2) is 18.2 Å². The van der Waals surface area contributed by atoms with Crippen molar-refractivity contribution in [2.75, 3.05) is 19.7 Å². The summed E-state index contributed by atoms with van der Waals surface area (Å²) in [7, 11) is 0. The maximum Gasteiger partial charge on any atom is 0.161 e. The average Bonchev–Trinajstić information content (AvgIpc) is 2.09. The highest BCUT2D eigenvalue weighted by atomic mass is 16.5. The second kappa shape index (κ2) is 3.88. The van der Waals surface area contributed by atoms with Gasteiger partial charge in [-0.15, -0.1) is 0 Å². The third kappa shape index (κ3) is 1.55. The fourth-order valence-electron chi connectivity index (χ4n) is 1.65. The Morgan fingerprint density at radius 1 is 1.50 bits per heavy atom. The van der Waals surface area contributed by atoms with Gasteiger partial charge in [0.05, 0.1) is 6.61 Å². The van der Waals surface area contributed by atoms with Crippen LogP contribution in [-0.4, -0.2) is 24.8 Å². The molecule has 14 heavy (non-hydrogen) atoms. The van der Waals surface area contributed by atoms with Gasteiger partial charge in [0, 0.05) is 24.6 Å². The normalized spacial score (nSPS) is 16.4.